The lowest BCUT2D eigenvalue weighted by Crippen LogP contribution is -2.40. The number of hydrogen-bond donors (Lipinski definition) is 1. The van der Waals surface area contributed by atoms with Gasteiger partial charge in [-0.15, -0.1) is 0 Å². The van der Waals surface area contributed by atoms with Gasteiger partial charge < -0.3 is 10.1 Å². The van der Waals surface area contributed by atoms with Gasteiger partial charge in [0.25, 0.3) is 0 Å². The van der Waals surface area contributed by atoms with E-state index in [1.165, 1.54) is 44.1 Å². The molecule has 1 aromatic rings. The third kappa shape index (κ3) is 3.48. The predicted molar refractivity (Wildman–Crippen MR) is 85.9 cm³/mol. The number of rotatable bonds is 6. The van der Waals surface area contributed by atoms with Crippen molar-refractivity contribution in [3.63, 3.8) is 0 Å². The summed E-state index contributed by atoms with van der Waals surface area (Å²) in [4.78, 5) is 0. The van der Waals surface area contributed by atoms with Crippen LogP contribution in [0.2, 0.25) is 5.02 Å². The molecule has 1 aliphatic rings. The van der Waals surface area contributed by atoms with E-state index < -0.39 is 0 Å². The van der Waals surface area contributed by atoms with Gasteiger partial charge in [-0.05, 0) is 44.0 Å². The fourth-order valence-corrected chi connectivity index (χ4v) is 3.54. The molecule has 0 radical (unpaired) electrons. The molecule has 2 rings (SSSR count). The summed E-state index contributed by atoms with van der Waals surface area (Å²) in [5.74, 6) is 0.981. The zero-order valence-corrected chi connectivity index (χ0v) is 13.4. The van der Waals surface area contributed by atoms with Crippen LogP contribution in [0.1, 0.15) is 51.0 Å². The van der Waals surface area contributed by atoms with E-state index >= 15 is 0 Å². The monoisotopic (exact) mass is 295 g/mol. The molecule has 0 atom stereocenters. The van der Waals surface area contributed by atoms with E-state index in [1.807, 2.05) is 12.1 Å². The van der Waals surface area contributed by atoms with Crippen LogP contribution in [0.5, 0.6) is 5.75 Å². The summed E-state index contributed by atoms with van der Waals surface area (Å²) >= 11 is 6.24. The summed E-state index contributed by atoms with van der Waals surface area (Å²) in [7, 11) is 1.75. The number of methoxy groups -OCH3 is 1. The second-order valence-electron chi connectivity index (χ2n) is 5.86. The average Bonchev–Trinajstić information content (AvgIpc) is 2.48. The van der Waals surface area contributed by atoms with Crippen molar-refractivity contribution in [3.8, 4) is 5.75 Å². The first kappa shape index (κ1) is 15.7. The lowest BCUT2D eigenvalue weighted by Gasteiger charge is -2.39. The maximum atomic E-state index is 6.24. The first-order chi connectivity index (χ1) is 9.72. The number of nitrogens with one attached hydrogen (secondary N) is 1. The summed E-state index contributed by atoms with van der Waals surface area (Å²) in [6, 6.07) is 6.03. The van der Waals surface area contributed by atoms with Crippen LogP contribution in [0.25, 0.3) is 0 Å². The summed E-state index contributed by atoms with van der Waals surface area (Å²) < 4.78 is 5.60. The Labute approximate surface area is 127 Å². The van der Waals surface area contributed by atoms with Gasteiger partial charge in [0.15, 0.2) is 0 Å². The topological polar surface area (TPSA) is 21.3 Å². The van der Waals surface area contributed by atoms with E-state index in [2.05, 4.69) is 18.3 Å². The summed E-state index contributed by atoms with van der Waals surface area (Å²) in [6.07, 6.45) is 7.55. The normalized spacial score (nSPS) is 17.9. The van der Waals surface area contributed by atoms with Crippen molar-refractivity contribution in [2.75, 3.05) is 20.2 Å². The highest BCUT2D eigenvalue weighted by Crippen LogP contribution is 2.43. The molecule has 0 aliphatic heterocycles. The van der Waals surface area contributed by atoms with Crippen LogP contribution in [0.4, 0.5) is 0 Å². The van der Waals surface area contributed by atoms with Crippen LogP contribution < -0.4 is 10.1 Å². The first-order valence-electron chi connectivity index (χ1n) is 7.76. The van der Waals surface area contributed by atoms with Gasteiger partial charge in [-0.1, -0.05) is 37.8 Å². The van der Waals surface area contributed by atoms with E-state index in [9.17, 15) is 0 Å². The highest BCUT2D eigenvalue weighted by Gasteiger charge is 2.36. The number of benzene rings is 1. The lowest BCUT2D eigenvalue weighted by molar-refractivity contribution is 0.270. The van der Waals surface area contributed by atoms with Gasteiger partial charge in [-0.2, -0.15) is 0 Å². The zero-order chi connectivity index (χ0) is 14.4. The van der Waals surface area contributed by atoms with Gasteiger partial charge in [-0.3, -0.25) is 0 Å². The molecule has 0 heterocycles. The van der Waals surface area contributed by atoms with E-state index in [-0.39, 0.29) is 5.41 Å². The summed E-state index contributed by atoms with van der Waals surface area (Å²) in [6.45, 7) is 4.31. The average molecular weight is 296 g/mol. The molecule has 1 fully saturated rings. The lowest BCUT2D eigenvalue weighted by atomic mass is 9.69. The Kier molecular flexibility index (Phi) is 5.74. The minimum atomic E-state index is 0.184. The third-order valence-corrected chi connectivity index (χ3v) is 4.67. The molecule has 3 heteroatoms. The molecule has 1 aromatic carbocycles. The maximum Gasteiger partial charge on any atom is 0.122 e. The number of halogens is 1. The molecule has 0 bridgehead atoms. The summed E-state index contributed by atoms with van der Waals surface area (Å²) in [5, 5.41) is 4.42. The summed E-state index contributed by atoms with van der Waals surface area (Å²) in [5.41, 5.74) is 1.47. The van der Waals surface area contributed by atoms with Crippen molar-refractivity contribution in [2.45, 2.75) is 50.9 Å². The van der Waals surface area contributed by atoms with Gasteiger partial charge in [0, 0.05) is 22.5 Å². The Balaban J connectivity index is 2.32. The second kappa shape index (κ2) is 7.33. The van der Waals surface area contributed by atoms with Crippen LogP contribution in [-0.2, 0) is 5.41 Å². The Hall–Kier alpha value is -0.730. The van der Waals surface area contributed by atoms with E-state index in [0.29, 0.717) is 0 Å². The zero-order valence-electron chi connectivity index (χ0n) is 12.7. The van der Waals surface area contributed by atoms with E-state index in [4.69, 9.17) is 16.3 Å². The largest absolute Gasteiger partial charge is 0.496 e. The Morgan fingerprint density at radius 1 is 1.25 bits per heavy atom. The molecule has 0 saturated heterocycles. The molecule has 112 valence electrons. The molecule has 1 N–H and O–H groups in total. The SMILES string of the molecule is CCCNCC1(c2cc(Cl)ccc2OC)CCCCC1. The van der Waals surface area contributed by atoms with E-state index in [0.717, 1.165) is 23.9 Å². The quantitative estimate of drug-likeness (QED) is 0.777. The van der Waals surface area contributed by atoms with Gasteiger partial charge in [0.05, 0.1) is 7.11 Å². The standard InChI is InChI=1S/C17H26ClNO/c1-3-11-19-13-17(9-5-4-6-10-17)15-12-14(18)7-8-16(15)20-2/h7-8,12,19H,3-6,9-11,13H2,1-2H3. The molecule has 1 aliphatic carbocycles. The Bertz CT molecular complexity index is 427. The molecule has 0 unspecified atom stereocenters. The molecule has 2 nitrogen and oxygen atoms in total. The van der Waals surface area contributed by atoms with Crippen molar-refractivity contribution in [2.24, 2.45) is 0 Å². The van der Waals surface area contributed by atoms with Crippen LogP contribution >= 0.6 is 11.6 Å². The van der Waals surface area contributed by atoms with Crippen LogP contribution in [0.15, 0.2) is 18.2 Å². The van der Waals surface area contributed by atoms with Crippen LogP contribution in [-0.4, -0.2) is 20.2 Å². The Morgan fingerprint density at radius 2 is 2.00 bits per heavy atom. The minimum absolute atomic E-state index is 0.184. The molecule has 0 amide bonds. The van der Waals surface area contributed by atoms with Gasteiger partial charge in [0.2, 0.25) is 0 Å². The fourth-order valence-electron chi connectivity index (χ4n) is 3.37. The number of ether oxygens (including phenoxy) is 1. The molecular weight excluding hydrogens is 270 g/mol. The second-order valence-corrected chi connectivity index (χ2v) is 6.30. The first-order valence-corrected chi connectivity index (χ1v) is 8.14. The van der Waals surface area contributed by atoms with E-state index in [1.54, 1.807) is 7.11 Å². The fraction of sp³-hybridized carbons (Fsp3) is 0.647. The van der Waals surface area contributed by atoms with Gasteiger partial charge >= 0.3 is 0 Å². The molecular formula is C17H26ClNO. The van der Waals surface area contributed by atoms with Crippen molar-refractivity contribution in [1.82, 2.24) is 5.32 Å². The van der Waals surface area contributed by atoms with Crippen molar-refractivity contribution in [1.29, 1.82) is 0 Å². The molecule has 20 heavy (non-hydrogen) atoms. The number of hydrogen-bond acceptors (Lipinski definition) is 2. The minimum Gasteiger partial charge on any atom is -0.496 e. The molecule has 1 saturated carbocycles. The maximum absolute atomic E-state index is 6.24. The Morgan fingerprint density at radius 3 is 2.65 bits per heavy atom. The van der Waals surface area contributed by atoms with Crippen molar-refractivity contribution in [3.05, 3.63) is 28.8 Å². The van der Waals surface area contributed by atoms with Gasteiger partial charge in [0.1, 0.15) is 5.75 Å². The van der Waals surface area contributed by atoms with Gasteiger partial charge in [-0.25, -0.2) is 0 Å². The molecule has 0 aromatic heterocycles. The smallest absolute Gasteiger partial charge is 0.122 e. The third-order valence-electron chi connectivity index (χ3n) is 4.43. The highest BCUT2D eigenvalue weighted by molar-refractivity contribution is 6.30. The van der Waals surface area contributed by atoms with Crippen molar-refractivity contribution >= 4 is 11.6 Å². The molecule has 0 spiro atoms. The predicted octanol–water partition coefficient (Wildman–Crippen LogP) is 4.55. The van der Waals surface area contributed by atoms with Crippen LogP contribution in [0, 0.1) is 0 Å². The van der Waals surface area contributed by atoms with Crippen molar-refractivity contribution < 1.29 is 4.74 Å². The highest BCUT2D eigenvalue weighted by atomic mass is 35.5. The van der Waals surface area contributed by atoms with Crippen LogP contribution in [0.3, 0.4) is 0 Å².